The van der Waals surface area contributed by atoms with Crippen LogP contribution >= 0.6 is 31.9 Å². The first-order valence-electron chi connectivity index (χ1n) is 6.90. The number of nitrogens with one attached hydrogen (secondary N) is 1. The highest BCUT2D eigenvalue weighted by Crippen LogP contribution is 2.33. The Morgan fingerprint density at radius 3 is 2.19 bits per heavy atom. The molecule has 1 atom stereocenters. The van der Waals surface area contributed by atoms with Gasteiger partial charge in [0.05, 0.1) is 12.1 Å². The van der Waals surface area contributed by atoms with Crippen molar-refractivity contribution in [2.24, 2.45) is 0 Å². The van der Waals surface area contributed by atoms with Gasteiger partial charge in [-0.1, -0.05) is 50.1 Å². The van der Waals surface area contributed by atoms with Gasteiger partial charge in [-0.2, -0.15) is 0 Å². The van der Waals surface area contributed by atoms with Crippen molar-refractivity contribution in [3.63, 3.8) is 0 Å². The van der Waals surface area contributed by atoms with Crippen LogP contribution in [0.4, 0.5) is 0 Å². The van der Waals surface area contributed by atoms with Crippen LogP contribution in [0.5, 0.6) is 5.75 Å². The number of hydrogen-bond donors (Lipinski definition) is 1. The van der Waals surface area contributed by atoms with E-state index in [1.807, 2.05) is 45.2 Å². The molecule has 0 aliphatic carbocycles. The first-order chi connectivity index (χ1) is 10.0. The SMILES string of the molecule is CNC(c1cc(Br)cc(Br)c1)c1ccccc1OC(C)C. The van der Waals surface area contributed by atoms with Crippen LogP contribution in [0.2, 0.25) is 0 Å². The second-order valence-electron chi connectivity index (χ2n) is 5.13. The number of rotatable bonds is 5. The average molecular weight is 413 g/mol. The Morgan fingerprint density at radius 2 is 1.62 bits per heavy atom. The zero-order valence-electron chi connectivity index (χ0n) is 12.4. The first-order valence-corrected chi connectivity index (χ1v) is 8.48. The van der Waals surface area contributed by atoms with Crippen LogP contribution in [0.3, 0.4) is 0 Å². The smallest absolute Gasteiger partial charge is 0.124 e. The average Bonchev–Trinajstić information content (AvgIpc) is 2.40. The Kier molecular flexibility index (Phi) is 5.85. The maximum Gasteiger partial charge on any atom is 0.124 e. The topological polar surface area (TPSA) is 21.3 Å². The summed E-state index contributed by atoms with van der Waals surface area (Å²) in [4.78, 5) is 0. The molecule has 0 aliphatic heterocycles. The second kappa shape index (κ2) is 7.43. The van der Waals surface area contributed by atoms with E-state index in [1.54, 1.807) is 0 Å². The van der Waals surface area contributed by atoms with E-state index in [2.05, 4.69) is 55.4 Å². The van der Waals surface area contributed by atoms with E-state index in [0.29, 0.717) is 0 Å². The van der Waals surface area contributed by atoms with Gasteiger partial charge in [-0.3, -0.25) is 0 Å². The van der Waals surface area contributed by atoms with Crippen molar-refractivity contribution in [3.05, 3.63) is 62.5 Å². The minimum Gasteiger partial charge on any atom is -0.491 e. The molecular formula is C17H19Br2NO. The molecule has 0 heterocycles. The van der Waals surface area contributed by atoms with Crippen LogP contribution in [-0.4, -0.2) is 13.2 Å². The molecule has 1 N–H and O–H groups in total. The molecular weight excluding hydrogens is 394 g/mol. The van der Waals surface area contributed by atoms with Gasteiger partial charge in [0.25, 0.3) is 0 Å². The van der Waals surface area contributed by atoms with E-state index in [0.717, 1.165) is 20.3 Å². The van der Waals surface area contributed by atoms with Crippen LogP contribution in [0.1, 0.15) is 31.0 Å². The molecule has 2 nitrogen and oxygen atoms in total. The van der Waals surface area contributed by atoms with Gasteiger partial charge in [0, 0.05) is 14.5 Å². The van der Waals surface area contributed by atoms with E-state index in [4.69, 9.17) is 4.74 Å². The van der Waals surface area contributed by atoms with E-state index < -0.39 is 0 Å². The molecule has 2 aromatic carbocycles. The number of halogens is 2. The molecule has 1 unspecified atom stereocenters. The van der Waals surface area contributed by atoms with Crippen LogP contribution in [0.25, 0.3) is 0 Å². The van der Waals surface area contributed by atoms with Crippen LogP contribution in [-0.2, 0) is 0 Å². The third-order valence-electron chi connectivity index (χ3n) is 3.10. The Bertz CT molecular complexity index is 593. The van der Waals surface area contributed by atoms with Crippen molar-refractivity contribution in [1.29, 1.82) is 0 Å². The van der Waals surface area contributed by atoms with Crippen molar-refractivity contribution in [2.45, 2.75) is 26.0 Å². The molecule has 0 aromatic heterocycles. The summed E-state index contributed by atoms with van der Waals surface area (Å²) in [6.45, 7) is 4.09. The normalized spacial score (nSPS) is 12.5. The fourth-order valence-electron chi connectivity index (χ4n) is 2.32. The van der Waals surface area contributed by atoms with Crippen molar-refractivity contribution >= 4 is 31.9 Å². The quantitative estimate of drug-likeness (QED) is 0.718. The molecule has 2 aromatic rings. The predicted octanol–water partition coefficient (Wildman–Crippen LogP) is 5.31. The summed E-state index contributed by atoms with van der Waals surface area (Å²) in [5.74, 6) is 0.919. The third kappa shape index (κ3) is 4.31. The monoisotopic (exact) mass is 411 g/mol. The van der Waals surface area contributed by atoms with Gasteiger partial charge in [-0.15, -0.1) is 0 Å². The lowest BCUT2D eigenvalue weighted by molar-refractivity contribution is 0.238. The lowest BCUT2D eigenvalue weighted by Gasteiger charge is -2.22. The van der Waals surface area contributed by atoms with E-state index in [-0.39, 0.29) is 12.1 Å². The molecule has 0 bridgehead atoms. The Morgan fingerprint density at radius 1 is 1.00 bits per heavy atom. The number of hydrogen-bond acceptors (Lipinski definition) is 2. The third-order valence-corrected chi connectivity index (χ3v) is 4.02. The molecule has 21 heavy (non-hydrogen) atoms. The maximum atomic E-state index is 5.95. The zero-order chi connectivity index (χ0) is 15.4. The zero-order valence-corrected chi connectivity index (χ0v) is 15.5. The Balaban J connectivity index is 2.46. The number of para-hydroxylation sites is 1. The summed E-state index contributed by atoms with van der Waals surface area (Å²) in [5, 5.41) is 3.38. The van der Waals surface area contributed by atoms with Crippen molar-refractivity contribution < 1.29 is 4.74 Å². The fraction of sp³-hybridized carbons (Fsp3) is 0.294. The van der Waals surface area contributed by atoms with Crippen LogP contribution in [0, 0.1) is 0 Å². The predicted molar refractivity (Wildman–Crippen MR) is 95.0 cm³/mol. The molecule has 2 rings (SSSR count). The van der Waals surface area contributed by atoms with Crippen molar-refractivity contribution in [1.82, 2.24) is 5.32 Å². The first kappa shape index (κ1) is 16.5. The second-order valence-corrected chi connectivity index (χ2v) is 6.96. The van der Waals surface area contributed by atoms with E-state index >= 15 is 0 Å². The summed E-state index contributed by atoms with van der Waals surface area (Å²) in [5.41, 5.74) is 2.32. The lowest BCUT2D eigenvalue weighted by atomic mass is 9.98. The highest BCUT2D eigenvalue weighted by molar-refractivity contribution is 9.11. The molecule has 0 radical (unpaired) electrons. The van der Waals surface area contributed by atoms with Gasteiger partial charge in [0.1, 0.15) is 5.75 Å². The maximum absolute atomic E-state index is 5.95. The Hall–Kier alpha value is -0.840. The minimum atomic E-state index is 0.0775. The molecule has 0 spiro atoms. The highest BCUT2D eigenvalue weighted by atomic mass is 79.9. The van der Waals surface area contributed by atoms with Gasteiger partial charge in [0.2, 0.25) is 0 Å². The minimum absolute atomic E-state index is 0.0775. The number of benzene rings is 2. The summed E-state index contributed by atoms with van der Waals surface area (Å²) >= 11 is 7.11. The molecule has 112 valence electrons. The Labute approximate surface area is 143 Å². The van der Waals surface area contributed by atoms with Crippen LogP contribution < -0.4 is 10.1 Å². The van der Waals surface area contributed by atoms with Gasteiger partial charge < -0.3 is 10.1 Å². The van der Waals surface area contributed by atoms with Gasteiger partial charge in [0.15, 0.2) is 0 Å². The summed E-state index contributed by atoms with van der Waals surface area (Å²) < 4.78 is 8.05. The molecule has 0 amide bonds. The molecule has 0 aliphatic rings. The molecule has 4 heteroatoms. The van der Waals surface area contributed by atoms with E-state index in [9.17, 15) is 0 Å². The van der Waals surface area contributed by atoms with Crippen molar-refractivity contribution in [2.75, 3.05) is 7.05 Å². The van der Waals surface area contributed by atoms with Crippen molar-refractivity contribution in [3.8, 4) is 5.75 Å². The van der Waals surface area contributed by atoms with Gasteiger partial charge in [-0.05, 0) is 50.7 Å². The van der Waals surface area contributed by atoms with Gasteiger partial charge >= 0.3 is 0 Å². The largest absolute Gasteiger partial charge is 0.491 e. The molecule has 0 fully saturated rings. The highest BCUT2D eigenvalue weighted by Gasteiger charge is 2.18. The fourth-order valence-corrected chi connectivity index (χ4v) is 3.65. The van der Waals surface area contributed by atoms with E-state index in [1.165, 1.54) is 5.56 Å². The van der Waals surface area contributed by atoms with Crippen LogP contribution in [0.15, 0.2) is 51.4 Å². The number of ether oxygens (including phenoxy) is 1. The summed E-state index contributed by atoms with van der Waals surface area (Å²) in [6.07, 6.45) is 0.151. The summed E-state index contributed by atoms with van der Waals surface area (Å²) in [7, 11) is 1.96. The molecule has 0 saturated heterocycles. The summed E-state index contributed by atoms with van der Waals surface area (Å²) in [6, 6.07) is 14.5. The van der Waals surface area contributed by atoms with Gasteiger partial charge in [-0.25, -0.2) is 0 Å². The lowest BCUT2D eigenvalue weighted by Crippen LogP contribution is -2.19. The standard InChI is InChI=1S/C17H19Br2NO/c1-11(2)21-16-7-5-4-6-15(16)17(20-3)12-8-13(18)10-14(19)9-12/h4-11,17,20H,1-3H3. The molecule has 0 saturated carbocycles.